The predicted molar refractivity (Wildman–Crippen MR) is 121 cm³/mol. The maximum absolute atomic E-state index is 13.4. The van der Waals surface area contributed by atoms with E-state index in [0.717, 1.165) is 25.9 Å². The van der Waals surface area contributed by atoms with Gasteiger partial charge in [-0.25, -0.2) is 4.79 Å². The topological polar surface area (TPSA) is 94.9 Å². The minimum absolute atomic E-state index is 0.140. The maximum atomic E-state index is 13.4. The van der Waals surface area contributed by atoms with E-state index in [1.807, 2.05) is 0 Å². The monoisotopic (exact) mass is 448 g/mol. The summed E-state index contributed by atoms with van der Waals surface area (Å²) >= 11 is 0. The molecule has 1 saturated carbocycles. The van der Waals surface area contributed by atoms with Crippen molar-refractivity contribution in [2.75, 3.05) is 45.9 Å². The van der Waals surface area contributed by atoms with Gasteiger partial charge in [0.2, 0.25) is 0 Å². The van der Waals surface area contributed by atoms with Crippen molar-refractivity contribution in [1.82, 2.24) is 15.1 Å². The van der Waals surface area contributed by atoms with E-state index in [2.05, 4.69) is 37.1 Å². The lowest BCUT2D eigenvalue weighted by Crippen LogP contribution is -2.55. The number of rotatable bonds is 7. The number of nitrogens with one attached hydrogen (secondary N) is 1. The smallest absolute Gasteiger partial charge is 0.410 e. The number of ether oxygens (including phenoxy) is 2. The summed E-state index contributed by atoms with van der Waals surface area (Å²) in [5, 5.41) is 12.8. The van der Waals surface area contributed by atoms with Crippen LogP contribution in [0.15, 0.2) is 0 Å². The van der Waals surface area contributed by atoms with Crippen LogP contribution in [0.25, 0.3) is 0 Å². The van der Waals surface area contributed by atoms with E-state index in [-0.39, 0.29) is 11.3 Å². The van der Waals surface area contributed by atoms with Gasteiger partial charge in [0.05, 0.1) is 19.3 Å². The van der Waals surface area contributed by atoms with Crippen molar-refractivity contribution in [1.29, 1.82) is 5.26 Å². The molecule has 0 bridgehead atoms. The quantitative estimate of drug-likeness (QED) is 0.643. The summed E-state index contributed by atoms with van der Waals surface area (Å²) in [7, 11) is 0. The van der Waals surface area contributed by atoms with Crippen LogP contribution >= 0.6 is 0 Å². The first kappa shape index (κ1) is 24.8. The minimum Gasteiger partial charge on any atom is -0.436 e. The number of carbonyl (C=O) groups excluding carboxylic acids is 2. The number of amides is 2. The Hall–Kier alpha value is -1.85. The molecule has 2 unspecified atom stereocenters. The van der Waals surface area contributed by atoms with Crippen LogP contribution in [0.1, 0.15) is 65.7 Å². The number of morpholine rings is 1. The molecular formula is C24H40N4O4. The Morgan fingerprint density at radius 1 is 1.22 bits per heavy atom. The highest BCUT2D eigenvalue weighted by Gasteiger charge is 2.43. The Morgan fingerprint density at radius 2 is 1.91 bits per heavy atom. The van der Waals surface area contributed by atoms with Crippen molar-refractivity contribution >= 4 is 12.0 Å². The molecule has 1 N–H and O–H groups in total. The second-order valence-corrected chi connectivity index (χ2v) is 10.3. The van der Waals surface area contributed by atoms with Gasteiger partial charge in [-0.1, -0.05) is 40.0 Å². The van der Waals surface area contributed by atoms with Gasteiger partial charge in [0.1, 0.15) is 5.54 Å². The molecule has 0 radical (unpaired) electrons. The van der Waals surface area contributed by atoms with Crippen LogP contribution in [0.4, 0.5) is 4.79 Å². The number of hydrogen-bond acceptors (Lipinski definition) is 6. The minimum atomic E-state index is -0.925. The van der Waals surface area contributed by atoms with E-state index in [9.17, 15) is 14.9 Å². The van der Waals surface area contributed by atoms with Crippen molar-refractivity contribution in [2.45, 2.75) is 77.4 Å². The largest absolute Gasteiger partial charge is 0.436 e. The van der Waals surface area contributed by atoms with Crippen LogP contribution in [-0.2, 0) is 14.3 Å². The van der Waals surface area contributed by atoms with Gasteiger partial charge in [-0.05, 0) is 43.6 Å². The summed E-state index contributed by atoms with van der Waals surface area (Å²) < 4.78 is 11.2. The molecule has 1 aliphatic carbocycles. The summed E-state index contributed by atoms with van der Waals surface area (Å²) in [5.74, 6) is 0.149. The van der Waals surface area contributed by atoms with Gasteiger partial charge < -0.3 is 24.6 Å². The second-order valence-electron chi connectivity index (χ2n) is 10.3. The Labute approximate surface area is 192 Å². The Balaban J connectivity index is 1.73. The average molecular weight is 449 g/mol. The van der Waals surface area contributed by atoms with Gasteiger partial charge in [-0.3, -0.25) is 4.79 Å². The first-order chi connectivity index (χ1) is 15.3. The van der Waals surface area contributed by atoms with Gasteiger partial charge in [-0.2, -0.15) is 5.26 Å². The van der Waals surface area contributed by atoms with Crippen molar-refractivity contribution in [2.24, 2.45) is 11.3 Å². The average Bonchev–Trinajstić information content (AvgIpc) is 3.23. The zero-order valence-electron chi connectivity index (χ0n) is 20.0. The summed E-state index contributed by atoms with van der Waals surface area (Å²) in [5.41, 5.74) is -1.07. The lowest BCUT2D eigenvalue weighted by Gasteiger charge is -2.39. The molecule has 3 rings (SSSR count). The van der Waals surface area contributed by atoms with Gasteiger partial charge in [0.15, 0.2) is 6.10 Å². The fourth-order valence-electron chi connectivity index (χ4n) is 5.35. The first-order valence-electron chi connectivity index (χ1n) is 12.3. The Bertz CT molecular complexity index is 695. The van der Waals surface area contributed by atoms with E-state index in [1.54, 1.807) is 4.90 Å². The fraction of sp³-hybridized carbons (Fsp3) is 0.875. The Morgan fingerprint density at radius 3 is 2.50 bits per heavy atom. The third-order valence-corrected chi connectivity index (χ3v) is 7.60. The highest BCUT2D eigenvalue weighted by atomic mass is 16.6. The molecule has 2 saturated heterocycles. The second kappa shape index (κ2) is 10.8. The lowest BCUT2D eigenvalue weighted by molar-refractivity contribution is -0.134. The van der Waals surface area contributed by atoms with Gasteiger partial charge in [-0.15, -0.1) is 0 Å². The molecule has 0 aromatic rings. The summed E-state index contributed by atoms with van der Waals surface area (Å²) in [6, 6.07) is 2.33. The zero-order valence-corrected chi connectivity index (χ0v) is 20.0. The molecule has 2 aliphatic heterocycles. The molecule has 2 heterocycles. The number of nitrogens with zero attached hydrogens (tertiary/aromatic N) is 3. The van der Waals surface area contributed by atoms with Crippen LogP contribution in [0.3, 0.4) is 0 Å². The van der Waals surface area contributed by atoms with Crippen molar-refractivity contribution in [3.8, 4) is 6.07 Å². The number of nitriles is 1. The predicted octanol–water partition coefficient (Wildman–Crippen LogP) is 2.92. The summed E-state index contributed by atoms with van der Waals surface area (Å²) in [6.07, 6.45) is 5.63. The fourth-order valence-corrected chi connectivity index (χ4v) is 5.35. The molecule has 0 spiro atoms. The molecule has 3 fully saturated rings. The molecule has 2 amide bonds. The van der Waals surface area contributed by atoms with Crippen LogP contribution < -0.4 is 5.32 Å². The number of carbonyl (C=O) groups is 2. The number of likely N-dealkylation sites (N-methyl/N-ethyl adjacent to an activating group) is 1. The SMILES string of the molecule is CCN1CCC(C#N)(NC(=O)C(CC(C)(C)C2CCCCC2)OC(=O)N2CCOCC2)C1. The van der Waals surface area contributed by atoms with E-state index in [1.165, 1.54) is 19.3 Å². The van der Waals surface area contributed by atoms with E-state index >= 15 is 0 Å². The Kier molecular flexibility index (Phi) is 8.40. The lowest BCUT2D eigenvalue weighted by atomic mass is 9.68. The molecule has 8 heteroatoms. The van der Waals surface area contributed by atoms with Crippen LogP contribution in [0.2, 0.25) is 0 Å². The maximum Gasteiger partial charge on any atom is 0.410 e. The molecule has 3 aliphatic rings. The van der Waals surface area contributed by atoms with Gasteiger partial charge in [0, 0.05) is 26.2 Å². The standard InChI is InChI=1S/C24H40N4O4/c1-4-27-11-10-24(17-25,18-27)26-21(29)20(32-22(30)28-12-14-31-15-13-28)16-23(2,3)19-8-6-5-7-9-19/h19-20H,4-16,18H2,1-3H3,(H,26,29). The van der Waals surface area contributed by atoms with Crippen molar-refractivity contribution in [3.63, 3.8) is 0 Å². The highest BCUT2D eigenvalue weighted by molar-refractivity contribution is 5.84. The third-order valence-electron chi connectivity index (χ3n) is 7.60. The van der Waals surface area contributed by atoms with Crippen LogP contribution in [0, 0.1) is 22.7 Å². The molecular weight excluding hydrogens is 408 g/mol. The highest BCUT2D eigenvalue weighted by Crippen LogP contribution is 2.42. The number of likely N-dealkylation sites (tertiary alicyclic amines) is 1. The van der Waals surface area contributed by atoms with E-state index in [4.69, 9.17) is 9.47 Å². The zero-order chi connectivity index (χ0) is 23.2. The molecule has 32 heavy (non-hydrogen) atoms. The van der Waals surface area contributed by atoms with E-state index < -0.39 is 17.7 Å². The molecule has 0 aromatic carbocycles. The van der Waals surface area contributed by atoms with Crippen LogP contribution in [0.5, 0.6) is 0 Å². The number of hydrogen-bond donors (Lipinski definition) is 1. The van der Waals surface area contributed by atoms with Gasteiger partial charge >= 0.3 is 6.09 Å². The first-order valence-corrected chi connectivity index (χ1v) is 12.3. The summed E-state index contributed by atoms with van der Waals surface area (Å²) in [6.45, 7) is 10.4. The van der Waals surface area contributed by atoms with Crippen molar-refractivity contribution < 1.29 is 19.1 Å². The summed E-state index contributed by atoms with van der Waals surface area (Å²) in [4.78, 5) is 30.1. The van der Waals surface area contributed by atoms with Crippen molar-refractivity contribution in [3.05, 3.63) is 0 Å². The molecule has 2 atom stereocenters. The molecule has 180 valence electrons. The molecule has 0 aromatic heterocycles. The van der Waals surface area contributed by atoms with Crippen LogP contribution in [-0.4, -0.2) is 79.4 Å². The normalized spacial score (nSPS) is 26.4. The molecule has 8 nitrogen and oxygen atoms in total. The van der Waals surface area contributed by atoms with E-state index in [0.29, 0.717) is 51.6 Å². The van der Waals surface area contributed by atoms with Gasteiger partial charge in [0.25, 0.3) is 5.91 Å². The third kappa shape index (κ3) is 6.14.